The normalized spacial score (nSPS) is 28.1. The minimum Gasteiger partial charge on any atom is -0.450 e. The van der Waals surface area contributed by atoms with E-state index in [2.05, 4.69) is 35.6 Å². The highest BCUT2D eigenvalue weighted by Crippen LogP contribution is 2.34. The number of ether oxygens (including phenoxy) is 2. The second-order valence-corrected chi connectivity index (χ2v) is 9.78. The van der Waals surface area contributed by atoms with Crippen LogP contribution in [0, 0.1) is 0 Å². The fourth-order valence-electron chi connectivity index (χ4n) is 4.68. The van der Waals surface area contributed by atoms with Crippen molar-refractivity contribution in [2.75, 3.05) is 31.9 Å². The lowest BCUT2D eigenvalue weighted by Gasteiger charge is -2.41. The van der Waals surface area contributed by atoms with Crippen molar-refractivity contribution in [3.05, 3.63) is 35.9 Å². The van der Waals surface area contributed by atoms with Crippen molar-refractivity contribution >= 4 is 16.9 Å². The van der Waals surface area contributed by atoms with Gasteiger partial charge in [-0.3, -0.25) is 4.21 Å². The van der Waals surface area contributed by atoms with Gasteiger partial charge in [0.05, 0.1) is 31.2 Å². The number of nitrogens with zero attached hydrogens (tertiary/aromatic N) is 1. The van der Waals surface area contributed by atoms with Crippen molar-refractivity contribution in [2.45, 2.75) is 69.6 Å². The first-order chi connectivity index (χ1) is 14.6. The van der Waals surface area contributed by atoms with Crippen LogP contribution in [0.2, 0.25) is 0 Å². The minimum atomic E-state index is -0.925. The molecule has 1 amide bonds. The third-order valence-corrected chi connectivity index (χ3v) is 6.85. The van der Waals surface area contributed by atoms with Crippen molar-refractivity contribution < 1.29 is 18.5 Å². The SMILES string of the molecule is CCOC(=O)N1CCC[C@H](NCS(C)=O)[C@@H]1COC1CCC(c2ccccc2)CC1. The smallest absolute Gasteiger partial charge is 0.410 e. The minimum absolute atomic E-state index is 0.0766. The van der Waals surface area contributed by atoms with Crippen LogP contribution >= 0.6 is 0 Å². The van der Waals surface area contributed by atoms with Gasteiger partial charge in [0, 0.05) is 29.6 Å². The molecule has 1 aromatic carbocycles. The molecule has 6 nitrogen and oxygen atoms in total. The number of carbonyl (C=O) groups is 1. The molecule has 1 saturated heterocycles. The summed E-state index contributed by atoms with van der Waals surface area (Å²) >= 11 is 0. The Labute approximate surface area is 183 Å². The monoisotopic (exact) mass is 436 g/mol. The van der Waals surface area contributed by atoms with Crippen molar-refractivity contribution in [1.29, 1.82) is 0 Å². The van der Waals surface area contributed by atoms with Crippen LogP contribution in [0.5, 0.6) is 0 Å². The lowest BCUT2D eigenvalue weighted by Crippen LogP contribution is -2.58. The molecule has 0 spiro atoms. The van der Waals surface area contributed by atoms with Crippen LogP contribution < -0.4 is 5.32 Å². The Balaban J connectivity index is 1.56. The van der Waals surface area contributed by atoms with Crippen LogP contribution in [0.3, 0.4) is 0 Å². The quantitative estimate of drug-likeness (QED) is 0.674. The van der Waals surface area contributed by atoms with Gasteiger partial charge in [0.2, 0.25) is 0 Å². The summed E-state index contributed by atoms with van der Waals surface area (Å²) in [5.74, 6) is 1.05. The first-order valence-electron chi connectivity index (χ1n) is 11.2. The van der Waals surface area contributed by atoms with Crippen molar-refractivity contribution in [2.24, 2.45) is 0 Å². The molecule has 168 valence electrons. The number of amides is 1. The molecule has 2 fully saturated rings. The molecule has 3 atom stereocenters. The van der Waals surface area contributed by atoms with E-state index in [4.69, 9.17) is 9.47 Å². The number of carbonyl (C=O) groups excluding carboxylic acids is 1. The Hall–Kier alpha value is -1.44. The van der Waals surface area contributed by atoms with Gasteiger partial charge < -0.3 is 19.7 Å². The van der Waals surface area contributed by atoms with Gasteiger partial charge in [0.1, 0.15) is 0 Å². The summed E-state index contributed by atoms with van der Waals surface area (Å²) in [5, 5.41) is 3.38. The molecule has 7 heteroatoms. The third kappa shape index (κ3) is 6.53. The Morgan fingerprint density at radius 3 is 2.57 bits per heavy atom. The van der Waals surface area contributed by atoms with E-state index in [1.54, 1.807) is 11.2 Å². The lowest BCUT2D eigenvalue weighted by atomic mass is 9.83. The third-order valence-electron chi connectivity index (χ3n) is 6.28. The van der Waals surface area contributed by atoms with E-state index in [0.717, 1.165) is 38.5 Å². The van der Waals surface area contributed by atoms with Crippen LogP contribution in [0.25, 0.3) is 0 Å². The second-order valence-electron chi connectivity index (χ2n) is 8.35. The molecule has 1 unspecified atom stereocenters. The molecule has 30 heavy (non-hydrogen) atoms. The molecular weight excluding hydrogens is 400 g/mol. The van der Waals surface area contributed by atoms with Crippen LogP contribution in [-0.4, -0.2) is 65.3 Å². The Morgan fingerprint density at radius 1 is 1.17 bits per heavy atom. The van der Waals surface area contributed by atoms with E-state index in [1.807, 2.05) is 6.92 Å². The largest absolute Gasteiger partial charge is 0.450 e. The highest BCUT2D eigenvalue weighted by Gasteiger charge is 2.36. The average molecular weight is 437 g/mol. The highest BCUT2D eigenvalue weighted by molar-refractivity contribution is 7.84. The van der Waals surface area contributed by atoms with E-state index in [0.29, 0.717) is 31.6 Å². The Morgan fingerprint density at radius 2 is 1.90 bits per heavy atom. The molecule has 1 N–H and O–H groups in total. The predicted octanol–water partition coefficient (Wildman–Crippen LogP) is 3.64. The Kier molecular flexibility index (Phi) is 9.15. The van der Waals surface area contributed by atoms with Gasteiger partial charge >= 0.3 is 6.09 Å². The summed E-state index contributed by atoms with van der Waals surface area (Å²) in [6, 6.07) is 10.7. The number of benzene rings is 1. The Bertz CT molecular complexity index is 679. The van der Waals surface area contributed by atoms with Gasteiger partial charge in [-0.2, -0.15) is 0 Å². The summed E-state index contributed by atoms with van der Waals surface area (Å²) in [7, 11) is -0.925. The molecule has 1 saturated carbocycles. The topological polar surface area (TPSA) is 67.9 Å². The molecule has 2 aliphatic rings. The van der Waals surface area contributed by atoms with Crippen LogP contribution in [0.4, 0.5) is 4.79 Å². The maximum atomic E-state index is 12.5. The molecular formula is C23H36N2O4S. The van der Waals surface area contributed by atoms with Crippen LogP contribution in [0.15, 0.2) is 30.3 Å². The van der Waals surface area contributed by atoms with Gasteiger partial charge in [-0.15, -0.1) is 0 Å². The zero-order chi connectivity index (χ0) is 21.3. The average Bonchev–Trinajstić information content (AvgIpc) is 2.77. The summed E-state index contributed by atoms with van der Waals surface area (Å²) in [5.41, 5.74) is 1.42. The number of likely N-dealkylation sites (tertiary alicyclic amines) is 1. The molecule has 0 bridgehead atoms. The molecule has 1 aliphatic carbocycles. The molecule has 1 heterocycles. The van der Waals surface area contributed by atoms with E-state index in [-0.39, 0.29) is 24.3 Å². The lowest BCUT2D eigenvalue weighted by molar-refractivity contribution is -0.0278. The van der Waals surface area contributed by atoms with E-state index in [9.17, 15) is 9.00 Å². The highest BCUT2D eigenvalue weighted by atomic mass is 32.2. The molecule has 0 aromatic heterocycles. The number of rotatable bonds is 8. The number of nitrogens with one attached hydrogen (secondary N) is 1. The zero-order valence-corrected chi connectivity index (χ0v) is 19.1. The zero-order valence-electron chi connectivity index (χ0n) is 18.3. The summed E-state index contributed by atoms with van der Waals surface area (Å²) in [6.45, 7) is 3.37. The van der Waals surface area contributed by atoms with E-state index < -0.39 is 10.8 Å². The standard InChI is InChI=1S/C23H36N2O4S/c1-3-28-23(26)25-15-7-10-21(24-17-30(2)27)22(25)16-29-20-13-11-19(12-14-20)18-8-5-4-6-9-18/h4-6,8-9,19-22,24H,3,7,10-17H2,1-2H3/t19?,20?,21-,22-,30?/m0/s1. The number of hydrogen-bond donors (Lipinski definition) is 1. The molecule has 1 aliphatic heterocycles. The first-order valence-corrected chi connectivity index (χ1v) is 12.9. The summed E-state index contributed by atoms with van der Waals surface area (Å²) in [4.78, 5) is 14.3. The van der Waals surface area contributed by atoms with Gasteiger partial charge in [0.25, 0.3) is 0 Å². The maximum Gasteiger partial charge on any atom is 0.410 e. The summed E-state index contributed by atoms with van der Waals surface area (Å²) < 4.78 is 23.2. The van der Waals surface area contributed by atoms with E-state index in [1.165, 1.54) is 5.56 Å². The van der Waals surface area contributed by atoms with Crippen molar-refractivity contribution in [3.63, 3.8) is 0 Å². The summed E-state index contributed by atoms with van der Waals surface area (Å²) in [6.07, 6.45) is 7.86. The number of piperidine rings is 1. The van der Waals surface area contributed by atoms with Gasteiger partial charge in [-0.1, -0.05) is 30.3 Å². The number of hydrogen-bond acceptors (Lipinski definition) is 5. The fraction of sp³-hybridized carbons (Fsp3) is 0.696. The van der Waals surface area contributed by atoms with Crippen LogP contribution in [-0.2, 0) is 20.3 Å². The van der Waals surface area contributed by atoms with Crippen molar-refractivity contribution in [1.82, 2.24) is 10.2 Å². The first kappa shape index (κ1) is 23.2. The predicted molar refractivity (Wildman–Crippen MR) is 120 cm³/mol. The van der Waals surface area contributed by atoms with Gasteiger partial charge in [-0.25, -0.2) is 4.79 Å². The fourth-order valence-corrected chi connectivity index (χ4v) is 5.13. The van der Waals surface area contributed by atoms with E-state index >= 15 is 0 Å². The molecule has 3 rings (SSSR count). The molecule has 1 aromatic rings. The van der Waals surface area contributed by atoms with Gasteiger partial charge in [0.15, 0.2) is 0 Å². The van der Waals surface area contributed by atoms with Crippen molar-refractivity contribution in [3.8, 4) is 0 Å². The maximum absolute atomic E-state index is 12.5. The molecule has 0 radical (unpaired) electrons. The van der Waals surface area contributed by atoms with Crippen LogP contribution in [0.1, 0.15) is 56.9 Å². The van der Waals surface area contributed by atoms with Gasteiger partial charge in [-0.05, 0) is 56.9 Å². The second kappa shape index (κ2) is 11.8.